The molecule has 40 heavy (non-hydrogen) atoms. The first kappa shape index (κ1) is 28.5. The van der Waals surface area contributed by atoms with Crippen molar-refractivity contribution in [2.24, 2.45) is 0 Å². The minimum Gasteiger partial charge on any atom is -0.507 e. The van der Waals surface area contributed by atoms with Gasteiger partial charge in [0.1, 0.15) is 23.0 Å². The minimum absolute atomic E-state index is 0.0309. The summed E-state index contributed by atoms with van der Waals surface area (Å²) in [5.41, 5.74) is 1.53. The molecule has 0 saturated carbocycles. The fourth-order valence-corrected chi connectivity index (χ4v) is 4.62. The molecule has 1 N–H and O–H groups in total. The molecule has 1 amide bonds. The molecule has 0 spiro atoms. The van der Waals surface area contributed by atoms with Crippen molar-refractivity contribution < 1.29 is 42.1 Å². The SMILES string of the molecule is CCOc1ccc(/C(O)=C2/C(=O)C(=O)N(c3ccc(OC(F)(F)F)cc3)C2c2cccc(OC)c2)cc1C(C)C. The second-order valence-corrected chi connectivity index (χ2v) is 9.33. The number of aliphatic hydroxyl groups excluding tert-OH is 1. The molecule has 0 radical (unpaired) electrons. The van der Waals surface area contributed by atoms with E-state index in [0.717, 1.165) is 22.6 Å². The lowest BCUT2D eigenvalue weighted by Crippen LogP contribution is -2.29. The molecule has 7 nitrogen and oxygen atoms in total. The molecule has 1 aliphatic rings. The van der Waals surface area contributed by atoms with Gasteiger partial charge in [0.05, 0.1) is 25.3 Å². The Labute approximate surface area is 229 Å². The zero-order chi connectivity index (χ0) is 29.2. The van der Waals surface area contributed by atoms with Gasteiger partial charge in [0, 0.05) is 11.3 Å². The molecule has 1 saturated heterocycles. The number of carbonyl (C=O) groups excluding carboxylic acids is 2. The summed E-state index contributed by atoms with van der Waals surface area (Å²) in [4.78, 5) is 28.0. The van der Waals surface area contributed by atoms with E-state index in [1.165, 1.54) is 19.2 Å². The van der Waals surface area contributed by atoms with Crippen molar-refractivity contribution >= 4 is 23.1 Å². The number of hydrogen-bond acceptors (Lipinski definition) is 6. The molecule has 0 aliphatic carbocycles. The Kier molecular flexibility index (Phi) is 8.08. The largest absolute Gasteiger partial charge is 0.573 e. The Morgan fingerprint density at radius 2 is 1.70 bits per heavy atom. The number of Topliss-reactive ketones (excluding diaryl/α,β-unsaturated/α-hetero) is 1. The average Bonchev–Trinajstić information content (AvgIpc) is 3.18. The predicted molar refractivity (Wildman–Crippen MR) is 143 cm³/mol. The highest BCUT2D eigenvalue weighted by atomic mass is 19.4. The van der Waals surface area contributed by atoms with E-state index >= 15 is 0 Å². The zero-order valence-electron chi connectivity index (χ0n) is 22.3. The molecule has 10 heteroatoms. The molecule has 0 aromatic heterocycles. The van der Waals surface area contributed by atoms with Gasteiger partial charge in [0.2, 0.25) is 0 Å². The van der Waals surface area contributed by atoms with E-state index in [1.54, 1.807) is 42.5 Å². The maximum atomic E-state index is 13.4. The van der Waals surface area contributed by atoms with Gasteiger partial charge in [0.15, 0.2) is 0 Å². The molecule has 210 valence electrons. The van der Waals surface area contributed by atoms with Crippen LogP contribution < -0.4 is 19.1 Å². The number of carbonyl (C=O) groups is 2. The van der Waals surface area contributed by atoms with Crippen molar-refractivity contribution in [2.45, 2.75) is 39.1 Å². The second kappa shape index (κ2) is 11.3. The monoisotopic (exact) mass is 555 g/mol. The number of ketones is 1. The number of amides is 1. The standard InChI is InChI=1S/C30H28F3NO6/c1-5-39-24-14-9-19(16-23(24)17(2)3)27(35)25-26(18-7-6-8-22(15-18)38-4)34(29(37)28(25)36)20-10-12-21(13-11-20)40-30(31,32)33/h6-17,26,35H,5H2,1-4H3/b27-25-. The number of ether oxygens (including phenoxy) is 3. The van der Waals surface area contributed by atoms with Gasteiger partial charge in [-0.25, -0.2) is 0 Å². The van der Waals surface area contributed by atoms with E-state index in [2.05, 4.69) is 4.74 Å². The summed E-state index contributed by atoms with van der Waals surface area (Å²) >= 11 is 0. The van der Waals surface area contributed by atoms with Gasteiger partial charge in [-0.3, -0.25) is 14.5 Å². The number of aliphatic hydroxyl groups is 1. The molecule has 4 rings (SSSR count). The summed E-state index contributed by atoms with van der Waals surface area (Å²) < 4.78 is 53.0. The molecule has 3 aromatic carbocycles. The van der Waals surface area contributed by atoms with E-state index in [0.29, 0.717) is 29.2 Å². The first-order valence-corrected chi connectivity index (χ1v) is 12.5. The third-order valence-corrected chi connectivity index (χ3v) is 6.41. The van der Waals surface area contributed by atoms with E-state index < -0.39 is 35.6 Å². The van der Waals surface area contributed by atoms with Crippen LogP contribution in [0.25, 0.3) is 5.76 Å². The number of rotatable bonds is 8. The molecular weight excluding hydrogens is 527 g/mol. The molecule has 3 aromatic rings. The zero-order valence-corrected chi connectivity index (χ0v) is 22.3. The quantitative estimate of drug-likeness (QED) is 0.188. The Bertz CT molecular complexity index is 1450. The van der Waals surface area contributed by atoms with Crippen molar-refractivity contribution in [3.05, 3.63) is 89.0 Å². The Hall–Kier alpha value is -4.47. The fraction of sp³-hybridized carbons (Fsp3) is 0.267. The molecule has 1 fully saturated rings. The number of alkyl halides is 3. The van der Waals surface area contributed by atoms with Gasteiger partial charge < -0.3 is 19.3 Å². The van der Waals surface area contributed by atoms with Crippen LogP contribution in [0.5, 0.6) is 17.2 Å². The van der Waals surface area contributed by atoms with Gasteiger partial charge in [-0.2, -0.15) is 0 Å². The third-order valence-electron chi connectivity index (χ3n) is 6.41. The van der Waals surface area contributed by atoms with Crippen LogP contribution in [0.15, 0.2) is 72.3 Å². The summed E-state index contributed by atoms with van der Waals surface area (Å²) in [6.07, 6.45) is -4.89. The summed E-state index contributed by atoms with van der Waals surface area (Å²) in [5.74, 6) is -1.66. The van der Waals surface area contributed by atoms with Crippen LogP contribution in [-0.4, -0.2) is 36.9 Å². The van der Waals surface area contributed by atoms with Crippen molar-refractivity contribution in [3.8, 4) is 17.2 Å². The normalized spacial score (nSPS) is 16.9. The van der Waals surface area contributed by atoms with Crippen LogP contribution >= 0.6 is 0 Å². The molecule has 1 unspecified atom stereocenters. The Balaban J connectivity index is 1.89. The maximum absolute atomic E-state index is 13.4. The molecule has 1 heterocycles. The molecule has 0 bridgehead atoms. The number of nitrogens with zero attached hydrogens (tertiary/aromatic N) is 1. The van der Waals surface area contributed by atoms with Crippen LogP contribution in [0.1, 0.15) is 49.4 Å². The number of methoxy groups -OCH3 is 1. The predicted octanol–water partition coefficient (Wildman–Crippen LogP) is 6.74. The number of benzene rings is 3. The Morgan fingerprint density at radius 3 is 2.30 bits per heavy atom. The van der Waals surface area contributed by atoms with Crippen LogP contribution in [0.3, 0.4) is 0 Å². The first-order valence-electron chi connectivity index (χ1n) is 12.5. The third kappa shape index (κ3) is 5.75. The smallest absolute Gasteiger partial charge is 0.507 e. The van der Waals surface area contributed by atoms with Gasteiger partial charge in [-0.1, -0.05) is 26.0 Å². The number of halogens is 3. The van der Waals surface area contributed by atoms with Crippen LogP contribution in [-0.2, 0) is 9.59 Å². The molecule has 1 atom stereocenters. The number of hydrogen-bond donors (Lipinski definition) is 1. The van der Waals surface area contributed by atoms with Gasteiger partial charge in [-0.05, 0) is 78.6 Å². The van der Waals surface area contributed by atoms with E-state index in [4.69, 9.17) is 9.47 Å². The summed E-state index contributed by atoms with van der Waals surface area (Å²) in [7, 11) is 1.46. The van der Waals surface area contributed by atoms with E-state index in [9.17, 15) is 27.9 Å². The first-order chi connectivity index (χ1) is 18.9. The lowest BCUT2D eigenvalue weighted by atomic mass is 9.93. The second-order valence-electron chi connectivity index (χ2n) is 9.33. The van der Waals surface area contributed by atoms with Crippen molar-refractivity contribution in [1.82, 2.24) is 0 Å². The summed E-state index contributed by atoms with van der Waals surface area (Å²) in [6, 6.07) is 15.1. The number of anilines is 1. The van der Waals surface area contributed by atoms with E-state index in [1.807, 2.05) is 20.8 Å². The van der Waals surface area contributed by atoms with Crippen LogP contribution in [0.4, 0.5) is 18.9 Å². The van der Waals surface area contributed by atoms with Gasteiger partial charge >= 0.3 is 6.36 Å². The maximum Gasteiger partial charge on any atom is 0.573 e. The van der Waals surface area contributed by atoms with E-state index in [-0.39, 0.29) is 17.2 Å². The fourth-order valence-electron chi connectivity index (χ4n) is 4.62. The van der Waals surface area contributed by atoms with Crippen molar-refractivity contribution in [3.63, 3.8) is 0 Å². The Morgan fingerprint density at radius 1 is 1.00 bits per heavy atom. The minimum atomic E-state index is -4.89. The molecular formula is C30H28F3NO6. The van der Waals surface area contributed by atoms with Gasteiger partial charge in [-0.15, -0.1) is 13.2 Å². The topological polar surface area (TPSA) is 85.3 Å². The van der Waals surface area contributed by atoms with Crippen LogP contribution in [0.2, 0.25) is 0 Å². The molecule has 1 aliphatic heterocycles. The summed E-state index contributed by atoms with van der Waals surface area (Å²) in [6.45, 7) is 6.22. The lowest BCUT2D eigenvalue weighted by Gasteiger charge is -2.26. The van der Waals surface area contributed by atoms with Gasteiger partial charge in [0.25, 0.3) is 11.7 Å². The van der Waals surface area contributed by atoms with Crippen LogP contribution in [0, 0.1) is 0 Å². The van der Waals surface area contributed by atoms with Crippen molar-refractivity contribution in [1.29, 1.82) is 0 Å². The lowest BCUT2D eigenvalue weighted by molar-refractivity contribution is -0.274. The highest BCUT2D eigenvalue weighted by molar-refractivity contribution is 6.51. The van der Waals surface area contributed by atoms with Crippen molar-refractivity contribution in [2.75, 3.05) is 18.6 Å². The average molecular weight is 556 g/mol. The highest BCUT2D eigenvalue weighted by Gasteiger charge is 2.47. The highest BCUT2D eigenvalue weighted by Crippen LogP contribution is 2.44. The summed E-state index contributed by atoms with van der Waals surface area (Å²) in [5, 5.41) is 11.5.